The Labute approximate surface area is 145 Å². The number of hydrogen-bond acceptors (Lipinski definition) is 4. The molecule has 2 aromatic carbocycles. The van der Waals surface area contributed by atoms with Gasteiger partial charge in [-0.2, -0.15) is 0 Å². The van der Waals surface area contributed by atoms with Gasteiger partial charge in [0.25, 0.3) is 5.91 Å². The average Bonchev–Trinajstić information content (AvgIpc) is 2.76. The van der Waals surface area contributed by atoms with Gasteiger partial charge in [0.2, 0.25) is 0 Å². The van der Waals surface area contributed by atoms with Crippen LogP contribution in [0, 0.1) is 0 Å². The topological polar surface area (TPSA) is 40.5 Å². The second kappa shape index (κ2) is 6.24. The predicted molar refractivity (Wildman–Crippen MR) is 97.9 cm³/mol. The number of rotatable bonds is 2. The Bertz CT molecular complexity index is 804. The van der Waals surface area contributed by atoms with E-state index >= 15 is 0 Å². The van der Waals surface area contributed by atoms with Crippen molar-refractivity contribution in [1.82, 2.24) is 0 Å². The Kier molecular flexibility index (Phi) is 4.33. The summed E-state index contributed by atoms with van der Waals surface area (Å²) in [7, 11) is 0. The van der Waals surface area contributed by atoms with Gasteiger partial charge in [0.05, 0.1) is 10.6 Å². The molecular weight excluding hydrogens is 382 g/mol. The van der Waals surface area contributed by atoms with Gasteiger partial charge in [-0.25, -0.2) is 0 Å². The molecule has 3 nitrogen and oxygen atoms in total. The van der Waals surface area contributed by atoms with Gasteiger partial charge in [0, 0.05) is 10.0 Å². The van der Waals surface area contributed by atoms with Gasteiger partial charge in [0.15, 0.2) is 4.32 Å². The van der Waals surface area contributed by atoms with Gasteiger partial charge in [-0.15, -0.1) is 0 Å². The third-order valence-electron chi connectivity index (χ3n) is 3.08. The van der Waals surface area contributed by atoms with Crippen molar-refractivity contribution in [3.63, 3.8) is 0 Å². The summed E-state index contributed by atoms with van der Waals surface area (Å²) in [6.07, 6.45) is 1.66. The number of carbonyl (C=O) groups excluding carboxylic acids is 1. The van der Waals surface area contributed by atoms with Crippen molar-refractivity contribution in [2.45, 2.75) is 0 Å². The molecule has 1 fully saturated rings. The van der Waals surface area contributed by atoms with Gasteiger partial charge >= 0.3 is 0 Å². The van der Waals surface area contributed by atoms with Crippen LogP contribution in [0.2, 0.25) is 0 Å². The van der Waals surface area contributed by atoms with E-state index in [1.54, 1.807) is 30.3 Å². The highest BCUT2D eigenvalue weighted by atomic mass is 79.9. The molecule has 0 atom stereocenters. The van der Waals surface area contributed by atoms with Crippen molar-refractivity contribution >= 4 is 61.9 Å². The summed E-state index contributed by atoms with van der Waals surface area (Å²) in [6, 6.07) is 14.3. The number of phenolic OH excluding ortho intramolecular Hbond substituents is 1. The van der Waals surface area contributed by atoms with E-state index in [-0.39, 0.29) is 11.7 Å². The SMILES string of the molecule is O=C1/C(=C\c2ccccc2O)SC(=S)N1c1cccc(Br)c1. The number of para-hydroxylation sites is 1. The molecule has 0 unspecified atom stereocenters. The highest BCUT2D eigenvalue weighted by molar-refractivity contribution is 9.10. The van der Waals surface area contributed by atoms with E-state index in [0.29, 0.717) is 14.8 Å². The molecule has 110 valence electrons. The summed E-state index contributed by atoms with van der Waals surface area (Å²) in [6.45, 7) is 0. The molecule has 22 heavy (non-hydrogen) atoms. The van der Waals surface area contributed by atoms with Crippen molar-refractivity contribution < 1.29 is 9.90 Å². The summed E-state index contributed by atoms with van der Waals surface area (Å²) in [5, 5.41) is 9.82. The molecule has 1 aliphatic rings. The van der Waals surface area contributed by atoms with Crippen LogP contribution in [0.1, 0.15) is 5.56 Å². The fourth-order valence-electron chi connectivity index (χ4n) is 2.06. The van der Waals surface area contributed by atoms with E-state index < -0.39 is 0 Å². The molecule has 0 aliphatic carbocycles. The lowest BCUT2D eigenvalue weighted by Gasteiger charge is -2.14. The summed E-state index contributed by atoms with van der Waals surface area (Å²) < 4.78 is 1.36. The van der Waals surface area contributed by atoms with Crippen molar-refractivity contribution in [3.8, 4) is 5.75 Å². The molecule has 3 rings (SSSR count). The molecule has 1 amide bonds. The van der Waals surface area contributed by atoms with E-state index in [1.165, 1.54) is 16.7 Å². The average molecular weight is 392 g/mol. The monoisotopic (exact) mass is 391 g/mol. The fourth-order valence-corrected chi connectivity index (χ4v) is 3.73. The smallest absolute Gasteiger partial charge is 0.270 e. The minimum Gasteiger partial charge on any atom is -0.507 e. The number of thioether (sulfide) groups is 1. The summed E-state index contributed by atoms with van der Waals surface area (Å²) >= 11 is 9.94. The first-order valence-corrected chi connectivity index (χ1v) is 8.39. The lowest BCUT2D eigenvalue weighted by atomic mass is 10.2. The second-order valence-electron chi connectivity index (χ2n) is 4.56. The van der Waals surface area contributed by atoms with E-state index in [1.807, 2.05) is 24.3 Å². The van der Waals surface area contributed by atoms with Gasteiger partial charge < -0.3 is 5.11 Å². The molecule has 2 aromatic rings. The van der Waals surface area contributed by atoms with E-state index in [2.05, 4.69) is 15.9 Å². The molecule has 1 aliphatic heterocycles. The largest absolute Gasteiger partial charge is 0.507 e. The number of aromatic hydroxyl groups is 1. The van der Waals surface area contributed by atoms with Crippen LogP contribution in [0.15, 0.2) is 57.9 Å². The summed E-state index contributed by atoms with van der Waals surface area (Å²) in [5.74, 6) is -0.0495. The van der Waals surface area contributed by atoms with Crippen LogP contribution in [0.3, 0.4) is 0 Å². The number of nitrogens with zero attached hydrogens (tertiary/aromatic N) is 1. The van der Waals surface area contributed by atoms with Crippen molar-refractivity contribution in [2.24, 2.45) is 0 Å². The molecule has 1 heterocycles. The van der Waals surface area contributed by atoms with Crippen LogP contribution in [0.5, 0.6) is 5.75 Å². The highest BCUT2D eigenvalue weighted by Gasteiger charge is 2.33. The van der Waals surface area contributed by atoms with Crippen LogP contribution in [-0.4, -0.2) is 15.3 Å². The molecule has 1 saturated heterocycles. The first-order chi connectivity index (χ1) is 10.6. The van der Waals surface area contributed by atoms with Gasteiger partial charge in [0.1, 0.15) is 5.75 Å². The first-order valence-electron chi connectivity index (χ1n) is 6.38. The standard InChI is InChI=1S/C16H10BrNO2S2/c17-11-5-3-6-12(9-11)18-15(20)14(22-16(18)21)8-10-4-1-2-7-13(10)19/h1-9,19H/b14-8+. The molecule has 6 heteroatoms. The third kappa shape index (κ3) is 2.95. The summed E-state index contributed by atoms with van der Waals surface area (Å²) in [4.78, 5) is 14.6. The Hall–Kier alpha value is -1.63. The number of halogens is 1. The number of anilines is 1. The van der Waals surface area contributed by atoms with Crippen LogP contribution in [0.4, 0.5) is 5.69 Å². The van der Waals surface area contributed by atoms with Crippen LogP contribution in [-0.2, 0) is 4.79 Å². The van der Waals surface area contributed by atoms with Gasteiger partial charge in [-0.1, -0.05) is 64.2 Å². The second-order valence-corrected chi connectivity index (χ2v) is 7.15. The highest BCUT2D eigenvalue weighted by Crippen LogP contribution is 2.37. The van der Waals surface area contributed by atoms with E-state index in [9.17, 15) is 9.90 Å². The summed E-state index contributed by atoms with van der Waals surface area (Å²) in [5.41, 5.74) is 1.31. The normalized spacial score (nSPS) is 16.6. The van der Waals surface area contributed by atoms with Crippen molar-refractivity contribution in [1.29, 1.82) is 0 Å². The van der Waals surface area contributed by atoms with Gasteiger partial charge in [-0.3, -0.25) is 9.69 Å². The van der Waals surface area contributed by atoms with Crippen LogP contribution >= 0.6 is 39.9 Å². The maximum Gasteiger partial charge on any atom is 0.270 e. The predicted octanol–water partition coefficient (Wildman–Crippen LogP) is 4.56. The number of carbonyl (C=O) groups is 1. The first kappa shape index (κ1) is 15.3. The molecular formula is C16H10BrNO2S2. The number of hydrogen-bond donors (Lipinski definition) is 1. The molecule has 0 bridgehead atoms. The minimum absolute atomic E-state index is 0.134. The lowest BCUT2D eigenvalue weighted by Crippen LogP contribution is -2.27. The maximum atomic E-state index is 12.6. The Morgan fingerprint density at radius 3 is 2.68 bits per heavy atom. The van der Waals surface area contributed by atoms with Crippen molar-refractivity contribution in [2.75, 3.05) is 4.90 Å². The third-order valence-corrected chi connectivity index (χ3v) is 4.88. The molecule has 0 aromatic heterocycles. The quantitative estimate of drug-likeness (QED) is 0.601. The zero-order valence-corrected chi connectivity index (χ0v) is 14.4. The fraction of sp³-hybridized carbons (Fsp3) is 0. The Balaban J connectivity index is 1.97. The number of thiocarbonyl (C=S) groups is 1. The van der Waals surface area contributed by atoms with Crippen LogP contribution in [0.25, 0.3) is 6.08 Å². The maximum absolute atomic E-state index is 12.6. The van der Waals surface area contributed by atoms with Crippen LogP contribution < -0.4 is 4.90 Å². The van der Waals surface area contributed by atoms with E-state index in [4.69, 9.17) is 12.2 Å². The van der Waals surface area contributed by atoms with Crippen molar-refractivity contribution in [3.05, 3.63) is 63.5 Å². The number of amides is 1. The molecule has 0 saturated carbocycles. The zero-order chi connectivity index (χ0) is 15.7. The van der Waals surface area contributed by atoms with Gasteiger partial charge in [-0.05, 0) is 30.3 Å². The Morgan fingerprint density at radius 2 is 1.95 bits per heavy atom. The zero-order valence-electron chi connectivity index (χ0n) is 11.2. The minimum atomic E-state index is -0.184. The number of phenols is 1. The molecule has 0 spiro atoms. The van der Waals surface area contributed by atoms with E-state index in [0.717, 1.165) is 10.2 Å². The lowest BCUT2D eigenvalue weighted by molar-refractivity contribution is -0.113. The number of benzene rings is 2. The molecule has 0 radical (unpaired) electrons. The Morgan fingerprint density at radius 1 is 1.18 bits per heavy atom. The molecule has 1 N–H and O–H groups in total.